The second kappa shape index (κ2) is 5.72. The molecule has 0 saturated carbocycles. The number of amides is 1. The topological polar surface area (TPSA) is 96.0 Å². The summed E-state index contributed by atoms with van der Waals surface area (Å²) >= 11 is 0. The molecule has 0 saturated heterocycles. The van der Waals surface area contributed by atoms with Gasteiger partial charge in [-0.3, -0.25) is 14.9 Å². The number of hydrogen-bond donors (Lipinski definition) is 1. The molecule has 1 amide bonds. The number of benzene rings is 1. The molecule has 0 aromatic heterocycles. The number of nitriles is 1. The van der Waals surface area contributed by atoms with Gasteiger partial charge in [-0.15, -0.1) is 0 Å². The van der Waals surface area contributed by atoms with Crippen molar-refractivity contribution in [2.45, 2.75) is 13.3 Å². The molecule has 0 fully saturated rings. The normalized spacial score (nSPS) is 11.4. The van der Waals surface area contributed by atoms with Gasteiger partial charge >= 0.3 is 0 Å². The first-order valence-electron chi connectivity index (χ1n) is 5.14. The largest absolute Gasteiger partial charge is 0.319 e. The van der Waals surface area contributed by atoms with E-state index in [1.54, 1.807) is 13.0 Å². The number of rotatable bonds is 4. The number of nitro groups is 1. The van der Waals surface area contributed by atoms with Gasteiger partial charge in [0.2, 0.25) is 5.91 Å². The molecular formula is C11H10FN3O3. The Hall–Kier alpha value is -2.49. The standard InChI is InChI=1S/C11H10FN3O3/c1-2-7(6-13)11(16)14-9-5-8(12)3-4-10(9)15(17)18/h3-5,7H,2H2,1H3,(H,14,16). The Bertz CT molecular complexity index is 525. The molecule has 1 aromatic rings. The molecule has 18 heavy (non-hydrogen) atoms. The Morgan fingerprint density at radius 3 is 2.83 bits per heavy atom. The van der Waals surface area contributed by atoms with Crippen LogP contribution in [0.3, 0.4) is 0 Å². The summed E-state index contributed by atoms with van der Waals surface area (Å²) in [7, 11) is 0. The van der Waals surface area contributed by atoms with Crippen LogP contribution < -0.4 is 5.32 Å². The Morgan fingerprint density at radius 2 is 2.33 bits per heavy atom. The van der Waals surface area contributed by atoms with Crippen LogP contribution in [0.5, 0.6) is 0 Å². The van der Waals surface area contributed by atoms with Gasteiger partial charge in [0, 0.05) is 12.1 Å². The van der Waals surface area contributed by atoms with E-state index >= 15 is 0 Å². The van der Waals surface area contributed by atoms with Gasteiger partial charge in [0.1, 0.15) is 17.4 Å². The highest BCUT2D eigenvalue weighted by molar-refractivity contribution is 5.96. The first-order chi connectivity index (χ1) is 8.49. The maximum Gasteiger partial charge on any atom is 0.292 e. The molecule has 0 spiro atoms. The van der Waals surface area contributed by atoms with Gasteiger partial charge in [-0.05, 0) is 12.5 Å². The van der Waals surface area contributed by atoms with Crippen LogP contribution in [0.1, 0.15) is 13.3 Å². The lowest BCUT2D eigenvalue weighted by molar-refractivity contribution is -0.384. The van der Waals surface area contributed by atoms with Gasteiger partial charge < -0.3 is 5.32 Å². The van der Waals surface area contributed by atoms with Crippen LogP contribution in [-0.4, -0.2) is 10.8 Å². The average molecular weight is 251 g/mol. The summed E-state index contributed by atoms with van der Waals surface area (Å²) in [5.74, 6) is -2.32. The third kappa shape index (κ3) is 3.01. The third-order valence-corrected chi connectivity index (χ3v) is 2.29. The predicted molar refractivity (Wildman–Crippen MR) is 61.1 cm³/mol. The van der Waals surface area contributed by atoms with E-state index in [-0.39, 0.29) is 12.1 Å². The zero-order valence-corrected chi connectivity index (χ0v) is 9.51. The van der Waals surface area contributed by atoms with Crippen LogP contribution in [0.2, 0.25) is 0 Å². The van der Waals surface area contributed by atoms with Crippen molar-refractivity contribution >= 4 is 17.3 Å². The smallest absolute Gasteiger partial charge is 0.292 e. The molecule has 0 heterocycles. The minimum absolute atomic E-state index is 0.251. The lowest BCUT2D eigenvalue weighted by Gasteiger charge is -2.08. The molecule has 0 bridgehead atoms. The number of carbonyl (C=O) groups excluding carboxylic acids is 1. The third-order valence-electron chi connectivity index (χ3n) is 2.29. The molecule has 94 valence electrons. The maximum absolute atomic E-state index is 13.0. The minimum atomic E-state index is -0.923. The van der Waals surface area contributed by atoms with Gasteiger partial charge in [0.25, 0.3) is 5.69 Å². The minimum Gasteiger partial charge on any atom is -0.319 e. The monoisotopic (exact) mass is 251 g/mol. The summed E-state index contributed by atoms with van der Waals surface area (Å²) in [5.41, 5.74) is -0.670. The van der Waals surface area contributed by atoms with E-state index in [1.807, 2.05) is 0 Å². The Balaban J connectivity index is 3.03. The second-order valence-electron chi connectivity index (χ2n) is 3.50. The Kier molecular flexibility index (Phi) is 4.32. The quantitative estimate of drug-likeness (QED) is 0.655. The highest BCUT2D eigenvalue weighted by Gasteiger charge is 2.21. The number of anilines is 1. The van der Waals surface area contributed by atoms with E-state index in [0.717, 1.165) is 18.2 Å². The molecule has 0 aliphatic carbocycles. The highest BCUT2D eigenvalue weighted by Crippen LogP contribution is 2.25. The number of halogens is 1. The zero-order chi connectivity index (χ0) is 13.7. The summed E-state index contributed by atoms with van der Waals surface area (Å²) in [5, 5.41) is 21.6. The van der Waals surface area contributed by atoms with E-state index in [2.05, 4.69) is 5.32 Å². The van der Waals surface area contributed by atoms with Crippen LogP contribution in [0.4, 0.5) is 15.8 Å². The van der Waals surface area contributed by atoms with Gasteiger partial charge in [0.05, 0.1) is 11.0 Å². The average Bonchev–Trinajstić information content (AvgIpc) is 2.30. The van der Waals surface area contributed by atoms with Crippen LogP contribution in [0.25, 0.3) is 0 Å². The molecule has 7 heteroatoms. The number of carbonyl (C=O) groups is 1. The van der Waals surface area contributed by atoms with E-state index in [4.69, 9.17) is 5.26 Å². The number of nitrogens with zero attached hydrogens (tertiary/aromatic N) is 2. The lowest BCUT2D eigenvalue weighted by atomic mass is 10.1. The van der Waals surface area contributed by atoms with Gasteiger partial charge in [-0.2, -0.15) is 5.26 Å². The number of nitrogens with one attached hydrogen (secondary N) is 1. The molecule has 1 rings (SSSR count). The summed E-state index contributed by atoms with van der Waals surface area (Å²) in [6.45, 7) is 1.63. The molecule has 1 atom stereocenters. The van der Waals surface area contributed by atoms with Crippen LogP contribution in [0, 0.1) is 33.2 Å². The molecule has 6 nitrogen and oxygen atoms in total. The SMILES string of the molecule is CCC(C#N)C(=O)Nc1cc(F)ccc1[N+](=O)[O-]. The van der Waals surface area contributed by atoms with E-state index in [0.29, 0.717) is 0 Å². The molecule has 1 N–H and O–H groups in total. The predicted octanol–water partition coefficient (Wildman–Crippen LogP) is 2.22. The summed E-state index contributed by atoms with van der Waals surface area (Å²) in [6.07, 6.45) is 0.269. The summed E-state index contributed by atoms with van der Waals surface area (Å²) < 4.78 is 13.0. The molecule has 0 aliphatic rings. The van der Waals surface area contributed by atoms with Gasteiger partial charge in [0.15, 0.2) is 0 Å². The van der Waals surface area contributed by atoms with Crippen molar-refractivity contribution in [1.82, 2.24) is 0 Å². The van der Waals surface area contributed by atoms with Crippen molar-refractivity contribution in [3.63, 3.8) is 0 Å². The fourth-order valence-electron chi connectivity index (χ4n) is 1.32. The van der Waals surface area contributed by atoms with Crippen molar-refractivity contribution in [3.8, 4) is 6.07 Å². The maximum atomic E-state index is 13.0. The Morgan fingerprint density at radius 1 is 1.67 bits per heavy atom. The zero-order valence-electron chi connectivity index (χ0n) is 9.51. The second-order valence-corrected chi connectivity index (χ2v) is 3.50. The first kappa shape index (κ1) is 13.6. The molecule has 1 unspecified atom stereocenters. The fraction of sp³-hybridized carbons (Fsp3) is 0.273. The summed E-state index contributed by atoms with van der Waals surface area (Å²) in [4.78, 5) is 21.5. The van der Waals surface area contributed by atoms with Gasteiger partial charge in [-0.1, -0.05) is 6.92 Å². The van der Waals surface area contributed by atoms with E-state index in [9.17, 15) is 19.3 Å². The fourth-order valence-corrected chi connectivity index (χ4v) is 1.32. The van der Waals surface area contributed by atoms with Crippen molar-refractivity contribution in [2.75, 3.05) is 5.32 Å². The van der Waals surface area contributed by atoms with Crippen LogP contribution >= 0.6 is 0 Å². The summed E-state index contributed by atoms with van der Waals surface area (Å²) in [6, 6.07) is 4.49. The highest BCUT2D eigenvalue weighted by atomic mass is 19.1. The van der Waals surface area contributed by atoms with Gasteiger partial charge in [-0.25, -0.2) is 4.39 Å². The van der Waals surface area contributed by atoms with Crippen LogP contribution in [0.15, 0.2) is 18.2 Å². The first-order valence-corrected chi connectivity index (χ1v) is 5.14. The number of hydrogen-bond acceptors (Lipinski definition) is 4. The molecule has 0 aliphatic heterocycles. The number of nitro benzene ring substituents is 1. The van der Waals surface area contributed by atoms with Crippen LogP contribution in [-0.2, 0) is 4.79 Å². The van der Waals surface area contributed by atoms with Crippen molar-refractivity contribution in [3.05, 3.63) is 34.1 Å². The van der Waals surface area contributed by atoms with E-state index in [1.165, 1.54) is 0 Å². The van der Waals surface area contributed by atoms with Crippen molar-refractivity contribution in [1.29, 1.82) is 5.26 Å². The van der Waals surface area contributed by atoms with Crippen molar-refractivity contribution in [2.24, 2.45) is 5.92 Å². The molecule has 1 aromatic carbocycles. The molecular weight excluding hydrogens is 241 g/mol. The molecule has 0 radical (unpaired) electrons. The Labute approximate surface area is 102 Å². The van der Waals surface area contributed by atoms with E-state index < -0.39 is 28.3 Å². The van der Waals surface area contributed by atoms with Crippen molar-refractivity contribution < 1.29 is 14.1 Å². The lowest BCUT2D eigenvalue weighted by Crippen LogP contribution is -2.21.